The topological polar surface area (TPSA) is 47.6 Å². The van der Waals surface area contributed by atoms with Crippen LogP contribution in [-0.4, -0.2) is 24.7 Å². The summed E-state index contributed by atoms with van der Waals surface area (Å²) in [6, 6.07) is 3.88. The molecule has 4 heteroatoms. The van der Waals surface area contributed by atoms with Crippen molar-refractivity contribution in [2.24, 2.45) is 0 Å². The number of methoxy groups -OCH3 is 1. The maximum Gasteiger partial charge on any atom is 0.256 e. The van der Waals surface area contributed by atoms with E-state index in [2.05, 4.69) is 19.2 Å². The van der Waals surface area contributed by atoms with Crippen LogP contribution in [-0.2, 0) is 9.53 Å². The van der Waals surface area contributed by atoms with Gasteiger partial charge >= 0.3 is 0 Å². The van der Waals surface area contributed by atoms with E-state index in [1.165, 1.54) is 0 Å². The largest absolute Gasteiger partial charge is 0.490 e. The van der Waals surface area contributed by atoms with E-state index in [-0.39, 0.29) is 12.0 Å². The van der Waals surface area contributed by atoms with E-state index in [9.17, 15) is 4.79 Å². The maximum atomic E-state index is 12.4. The van der Waals surface area contributed by atoms with Gasteiger partial charge in [0.1, 0.15) is 11.4 Å². The third-order valence-electron chi connectivity index (χ3n) is 4.22. The van der Waals surface area contributed by atoms with E-state index >= 15 is 0 Å². The van der Waals surface area contributed by atoms with Gasteiger partial charge in [-0.25, -0.2) is 0 Å². The Balaban J connectivity index is 2.98. The lowest BCUT2D eigenvalue weighted by molar-refractivity contribution is -0.136. The van der Waals surface area contributed by atoms with Crippen LogP contribution < -0.4 is 10.1 Å². The Morgan fingerprint density at radius 2 is 1.82 bits per heavy atom. The minimum Gasteiger partial charge on any atom is -0.490 e. The van der Waals surface area contributed by atoms with Gasteiger partial charge in [-0.05, 0) is 63.8 Å². The smallest absolute Gasteiger partial charge is 0.256 e. The summed E-state index contributed by atoms with van der Waals surface area (Å²) in [7, 11) is 1.56. The van der Waals surface area contributed by atoms with Gasteiger partial charge in [-0.15, -0.1) is 0 Å². The molecule has 2 atom stereocenters. The molecular formula is C18H29NO3. The van der Waals surface area contributed by atoms with E-state index in [0.29, 0.717) is 6.42 Å². The van der Waals surface area contributed by atoms with Crippen molar-refractivity contribution >= 4 is 11.6 Å². The maximum absolute atomic E-state index is 12.4. The number of hydrogen-bond acceptors (Lipinski definition) is 3. The average molecular weight is 307 g/mol. The summed E-state index contributed by atoms with van der Waals surface area (Å²) < 4.78 is 11.3. The summed E-state index contributed by atoms with van der Waals surface area (Å²) in [5.74, 6) is 0.768. The van der Waals surface area contributed by atoms with Crippen LogP contribution in [0, 0.1) is 13.8 Å². The number of carbonyl (C=O) groups excluding carboxylic acids is 1. The number of nitrogens with one attached hydrogen (secondary N) is 1. The molecule has 0 radical (unpaired) electrons. The Hall–Kier alpha value is -1.55. The van der Waals surface area contributed by atoms with Gasteiger partial charge in [0, 0.05) is 12.8 Å². The van der Waals surface area contributed by atoms with Gasteiger partial charge in [-0.2, -0.15) is 0 Å². The Bertz CT molecular complexity index is 498. The minimum atomic E-state index is -0.812. The Kier molecular flexibility index (Phi) is 6.42. The highest BCUT2D eigenvalue weighted by molar-refractivity contribution is 5.97. The molecule has 124 valence electrons. The van der Waals surface area contributed by atoms with Crippen LogP contribution in [0.1, 0.15) is 51.7 Å². The van der Waals surface area contributed by atoms with Crippen molar-refractivity contribution in [1.29, 1.82) is 0 Å². The van der Waals surface area contributed by atoms with Crippen LogP contribution in [0.5, 0.6) is 5.75 Å². The van der Waals surface area contributed by atoms with Gasteiger partial charge in [-0.3, -0.25) is 4.79 Å². The van der Waals surface area contributed by atoms with E-state index < -0.39 is 5.60 Å². The highest BCUT2D eigenvalue weighted by Gasteiger charge is 2.31. The zero-order chi connectivity index (χ0) is 16.9. The summed E-state index contributed by atoms with van der Waals surface area (Å²) in [4.78, 5) is 12.4. The zero-order valence-electron chi connectivity index (χ0n) is 14.9. The van der Waals surface area contributed by atoms with E-state index in [1.807, 2.05) is 32.9 Å². The molecule has 1 N–H and O–H groups in total. The van der Waals surface area contributed by atoms with Gasteiger partial charge in [-0.1, -0.05) is 13.8 Å². The van der Waals surface area contributed by atoms with Gasteiger partial charge in [0.05, 0.1) is 6.10 Å². The van der Waals surface area contributed by atoms with Crippen LogP contribution in [0.15, 0.2) is 12.1 Å². The fourth-order valence-corrected chi connectivity index (χ4v) is 2.15. The van der Waals surface area contributed by atoms with Crippen LogP contribution in [0.4, 0.5) is 5.69 Å². The van der Waals surface area contributed by atoms with E-state index in [0.717, 1.165) is 29.0 Å². The monoisotopic (exact) mass is 307 g/mol. The first-order chi connectivity index (χ1) is 10.3. The van der Waals surface area contributed by atoms with Crippen molar-refractivity contribution in [2.45, 2.75) is 66.1 Å². The molecular weight excluding hydrogens is 278 g/mol. The highest BCUT2D eigenvalue weighted by atomic mass is 16.5. The fraction of sp³-hybridized carbons (Fsp3) is 0.611. The zero-order valence-corrected chi connectivity index (χ0v) is 14.9. The lowest BCUT2D eigenvalue weighted by Crippen LogP contribution is -2.41. The molecule has 0 aromatic heterocycles. The third-order valence-corrected chi connectivity index (χ3v) is 4.22. The number of ether oxygens (including phenoxy) is 2. The Labute approximate surface area is 134 Å². The number of carbonyl (C=O) groups is 1. The number of hydrogen-bond donors (Lipinski definition) is 1. The molecule has 1 aromatic rings. The molecule has 1 aromatic carbocycles. The van der Waals surface area contributed by atoms with Crippen molar-refractivity contribution < 1.29 is 14.3 Å². The molecule has 0 bridgehead atoms. The second kappa shape index (κ2) is 7.63. The van der Waals surface area contributed by atoms with E-state index in [4.69, 9.17) is 9.47 Å². The Morgan fingerprint density at radius 3 is 2.23 bits per heavy atom. The molecule has 0 saturated carbocycles. The minimum absolute atomic E-state index is 0.133. The second-order valence-electron chi connectivity index (χ2n) is 6.02. The quantitative estimate of drug-likeness (QED) is 0.820. The highest BCUT2D eigenvalue weighted by Crippen LogP contribution is 2.29. The summed E-state index contributed by atoms with van der Waals surface area (Å²) in [5, 5.41) is 2.94. The summed E-state index contributed by atoms with van der Waals surface area (Å²) in [6.45, 7) is 11.9. The molecule has 0 unspecified atom stereocenters. The molecule has 0 aliphatic heterocycles. The lowest BCUT2D eigenvalue weighted by atomic mass is 10.0. The van der Waals surface area contributed by atoms with Gasteiger partial charge in [0.25, 0.3) is 5.91 Å². The second-order valence-corrected chi connectivity index (χ2v) is 6.02. The van der Waals surface area contributed by atoms with Gasteiger partial charge < -0.3 is 14.8 Å². The molecule has 0 aliphatic carbocycles. The molecule has 0 aliphatic rings. The number of amides is 1. The molecule has 0 spiro atoms. The van der Waals surface area contributed by atoms with Crippen molar-refractivity contribution in [3.8, 4) is 5.75 Å². The van der Waals surface area contributed by atoms with Crippen molar-refractivity contribution in [3.05, 3.63) is 23.3 Å². The lowest BCUT2D eigenvalue weighted by Gasteiger charge is -2.25. The van der Waals surface area contributed by atoms with Crippen LogP contribution >= 0.6 is 0 Å². The molecule has 0 saturated heterocycles. The van der Waals surface area contributed by atoms with Gasteiger partial charge in [0.2, 0.25) is 0 Å². The predicted octanol–water partition coefficient (Wildman–Crippen LogP) is 4.23. The van der Waals surface area contributed by atoms with Crippen LogP contribution in [0.2, 0.25) is 0 Å². The van der Waals surface area contributed by atoms with Crippen molar-refractivity contribution in [1.82, 2.24) is 0 Å². The average Bonchev–Trinajstić information content (AvgIpc) is 2.49. The molecule has 0 fully saturated rings. The molecule has 4 nitrogen and oxygen atoms in total. The number of anilines is 1. The van der Waals surface area contributed by atoms with Crippen LogP contribution in [0.3, 0.4) is 0 Å². The first kappa shape index (κ1) is 18.5. The number of rotatable bonds is 7. The van der Waals surface area contributed by atoms with Crippen LogP contribution in [0.25, 0.3) is 0 Å². The fourth-order valence-electron chi connectivity index (χ4n) is 2.15. The standard InChI is InChI=1S/C18H29NO3/c1-8-14(5)22-16-12(3)10-15(11-13(16)4)19-17(20)18(6,9-2)21-7/h10-11,14H,8-9H2,1-7H3,(H,19,20)/t14-,18-/m1/s1. The molecule has 1 rings (SSSR count). The third kappa shape index (κ3) is 4.23. The normalized spacial score (nSPS) is 15.0. The van der Waals surface area contributed by atoms with Gasteiger partial charge in [0.15, 0.2) is 0 Å². The SMILES string of the molecule is CC[C@@H](C)Oc1c(C)cc(NC(=O)[C@@](C)(CC)OC)cc1C. The summed E-state index contributed by atoms with van der Waals surface area (Å²) in [6.07, 6.45) is 1.75. The first-order valence-electron chi connectivity index (χ1n) is 7.91. The van der Waals surface area contributed by atoms with Crippen molar-refractivity contribution in [2.75, 3.05) is 12.4 Å². The molecule has 1 amide bonds. The number of benzene rings is 1. The van der Waals surface area contributed by atoms with Crippen molar-refractivity contribution in [3.63, 3.8) is 0 Å². The summed E-state index contributed by atoms with van der Waals surface area (Å²) in [5.41, 5.74) is 2.00. The molecule has 0 heterocycles. The van der Waals surface area contributed by atoms with E-state index in [1.54, 1.807) is 14.0 Å². The number of aryl methyl sites for hydroxylation is 2. The molecule has 22 heavy (non-hydrogen) atoms. The summed E-state index contributed by atoms with van der Waals surface area (Å²) >= 11 is 0. The Morgan fingerprint density at radius 1 is 1.27 bits per heavy atom. The predicted molar refractivity (Wildman–Crippen MR) is 90.6 cm³/mol. The first-order valence-corrected chi connectivity index (χ1v) is 7.91.